The van der Waals surface area contributed by atoms with Crippen LogP contribution in [0.25, 0.3) is 0 Å². The van der Waals surface area contributed by atoms with Crippen LogP contribution in [-0.2, 0) is 4.84 Å². The summed E-state index contributed by atoms with van der Waals surface area (Å²) in [5.74, 6) is 3.91. The molecule has 0 fully saturated rings. The Morgan fingerprint density at radius 1 is 1.43 bits per heavy atom. The highest BCUT2D eigenvalue weighted by molar-refractivity contribution is 5.87. The quantitative estimate of drug-likeness (QED) is 0.476. The Balaban J connectivity index is 2.51. The van der Waals surface area contributed by atoms with Gasteiger partial charge in [0.1, 0.15) is 0 Å². The molecule has 5 heteroatoms. The molecule has 0 aliphatic carbocycles. The molecule has 1 aromatic carbocycles. The number of rotatable bonds is 5. The third-order valence-corrected chi connectivity index (χ3v) is 1.68. The molecule has 0 atom stereocenters. The lowest BCUT2D eigenvalue weighted by atomic mass is 10.2. The molecule has 0 aliphatic rings. The molecule has 0 aromatic heterocycles. The Morgan fingerprint density at radius 3 is 2.57 bits per heavy atom. The van der Waals surface area contributed by atoms with Crippen molar-refractivity contribution in [1.29, 1.82) is 0 Å². The molecule has 76 valence electrons. The Labute approximate surface area is 81.4 Å². The van der Waals surface area contributed by atoms with Crippen LogP contribution < -0.4 is 11.2 Å². The van der Waals surface area contributed by atoms with E-state index in [-0.39, 0.29) is 5.56 Å². The molecule has 4 N–H and O–H groups in total. The first-order valence-corrected chi connectivity index (χ1v) is 4.13. The molecule has 0 saturated heterocycles. The van der Waals surface area contributed by atoms with Gasteiger partial charge in [0.2, 0.25) is 0 Å². The Kier molecular flexibility index (Phi) is 3.90. The van der Waals surface area contributed by atoms with Crippen LogP contribution in [-0.4, -0.2) is 24.2 Å². The molecule has 0 aliphatic heterocycles. The van der Waals surface area contributed by atoms with E-state index in [1.54, 1.807) is 12.1 Å². The number of aromatic carboxylic acids is 1. The highest BCUT2D eigenvalue weighted by Crippen LogP contribution is 2.08. The monoisotopic (exact) mass is 196 g/mol. The number of carboxylic acids is 1. The molecule has 0 saturated carbocycles. The summed E-state index contributed by atoms with van der Waals surface area (Å²) in [7, 11) is 0. The minimum absolute atomic E-state index is 0.269. The maximum atomic E-state index is 10.5. The lowest BCUT2D eigenvalue weighted by Gasteiger charge is -2.04. The van der Waals surface area contributed by atoms with E-state index in [2.05, 4.69) is 10.2 Å². The van der Waals surface area contributed by atoms with Crippen molar-refractivity contribution in [3.05, 3.63) is 29.8 Å². The van der Waals surface area contributed by atoms with E-state index < -0.39 is 5.97 Å². The Hall–Kier alpha value is -1.59. The van der Waals surface area contributed by atoms with E-state index in [1.807, 2.05) is 0 Å². The predicted molar refractivity (Wildman–Crippen MR) is 52.0 cm³/mol. The van der Waals surface area contributed by atoms with Crippen molar-refractivity contribution in [3.63, 3.8) is 0 Å². The fourth-order valence-corrected chi connectivity index (χ4v) is 0.985. The van der Waals surface area contributed by atoms with Crippen molar-refractivity contribution in [1.82, 2.24) is 0 Å². The summed E-state index contributed by atoms with van der Waals surface area (Å²) >= 11 is 0. The van der Waals surface area contributed by atoms with E-state index in [4.69, 9.17) is 11.0 Å². The fraction of sp³-hybridized carbons (Fsp3) is 0.222. The van der Waals surface area contributed by atoms with Gasteiger partial charge in [0.25, 0.3) is 0 Å². The first-order valence-electron chi connectivity index (χ1n) is 4.13. The topological polar surface area (TPSA) is 84.6 Å². The van der Waals surface area contributed by atoms with E-state index in [0.29, 0.717) is 13.2 Å². The molecule has 0 unspecified atom stereocenters. The van der Waals surface area contributed by atoms with Crippen molar-refractivity contribution in [2.24, 2.45) is 5.90 Å². The molecule has 0 spiro atoms. The van der Waals surface area contributed by atoms with Crippen LogP contribution in [0.1, 0.15) is 10.4 Å². The van der Waals surface area contributed by atoms with Gasteiger partial charge < -0.3 is 15.3 Å². The number of nitrogens with one attached hydrogen (secondary N) is 1. The average Bonchev–Trinajstić information content (AvgIpc) is 2.19. The number of hydrogen-bond acceptors (Lipinski definition) is 4. The standard InChI is InChI=1S/C9H12N2O3/c10-14-6-5-11-8-3-1-7(2-4-8)9(12)13/h1-4,11H,5-6,10H2,(H,12,13). The van der Waals surface area contributed by atoms with Crippen molar-refractivity contribution in [2.45, 2.75) is 0 Å². The summed E-state index contributed by atoms with van der Waals surface area (Å²) in [6.07, 6.45) is 0. The molecule has 5 nitrogen and oxygen atoms in total. The zero-order valence-corrected chi connectivity index (χ0v) is 7.56. The summed E-state index contributed by atoms with van der Waals surface area (Å²) in [4.78, 5) is 14.9. The number of carboxylic acid groups (broad SMARTS) is 1. The van der Waals surface area contributed by atoms with Crippen LogP contribution in [0, 0.1) is 0 Å². The molecule has 1 rings (SSSR count). The largest absolute Gasteiger partial charge is 0.478 e. The van der Waals surface area contributed by atoms with Crippen molar-refractivity contribution < 1.29 is 14.7 Å². The number of nitrogens with two attached hydrogens (primary N) is 1. The third-order valence-electron chi connectivity index (χ3n) is 1.68. The van der Waals surface area contributed by atoms with Gasteiger partial charge in [0.15, 0.2) is 0 Å². The van der Waals surface area contributed by atoms with Gasteiger partial charge in [0, 0.05) is 12.2 Å². The van der Waals surface area contributed by atoms with Crippen LogP contribution in [0.5, 0.6) is 0 Å². The van der Waals surface area contributed by atoms with Crippen molar-refractivity contribution >= 4 is 11.7 Å². The number of hydrogen-bond donors (Lipinski definition) is 3. The molecule has 0 heterocycles. The van der Waals surface area contributed by atoms with Gasteiger partial charge in [0.05, 0.1) is 12.2 Å². The van der Waals surface area contributed by atoms with Crippen LogP contribution in [0.15, 0.2) is 24.3 Å². The minimum atomic E-state index is -0.929. The van der Waals surface area contributed by atoms with Crippen LogP contribution in [0.3, 0.4) is 0 Å². The van der Waals surface area contributed by atoms with E-state index >= 15 is 0 Å². The van der Waals surface area contributed by atoms with Gasteiger partial charge >= 0.3 is 5.97 Å². The van der Waals surface area contributed by atoms with Crippen molar-refractivity contribution in [2.75, 3.05) is 18.5 Å². The normalized spacial score (nSPS) is 9.79. The van der Waals surface area contributed by atoms with Crippen LogP contribution in [0.4, 0.5) is 5.69 Å². The summed E-state index contributed by atoms with van der Waals surface area (Å²) in [5.41, 5.74) is 1.11. The highest BCUT2D eigenvalue weighted by Gasteiger charge is 2.00. The van der Waals surface area contributed by atoms with Crippen LogP contribution >= 0.6 is 0 Å². The second kappa shape index (κ2) is 5.21. The zero-order valence-electron chi connectivity index (χ0n) is 7.56. The SMILES string of the molecule is NOCCNc1ccc(C(=O)O)cc1. The van der Waals surface area contributed by atoms with Gasteiger partial charge in [-0.25, -0.2) is 10.7 Å². The smallest absolute Gasteiger partial charge is 0.335 e. The van der Waals surface area contributed by atoms with Crippen LogP contribution in [0.2, 0.25) is 0 Å². The van der Waals surface area contributed by atoms with E-state index in [9.17, 15) is 4.79 Å². The number of anilines is 1. The number of carbonyl (C=O) groups is 1. The number of benzene rings is 1. The summed E-state index contributed by atoms with van der Waals surface area (Å²) < 4.78 is 0. The summed E-state index contributed by atoms with van der Waals surface area (Å²) in [6.45, 7) is 0.990. The highest BCUT2D eigenvalue weighted by atomic mass is 16.6. The second-order valence-corrected chi connectivity index (χ2v) is 2.68. The van der Waals surface area contributed by atoms with Crippen molar-refractivity contribution in [3.8, 4) is 0 Å². The summed E-state index contributed by atoms with van der Waals surface area (Å²) in [5, 5.41) is 11.6. The van der Waals surface area contributed by atoms with Gasteiger partial charge in [-0.2, -0.15) is 0 Å². The molecule has 0 radical (unpaired) electrons. The zero-order chi connectivity index (χ0) is 10.4. The van der Waals surface area contributed by atoms with Gasteiger partial charge in [-0.15, -0.1) is 0 Å². The maximum Gasteiger partial charge on any atom is 0.335 e. The molecule has 0 bridgehead atoms. The van der Waals surface area contributed by atoms with Gasteiger partial charge in [-0.3, -0.25) is 0 Å². The molecule has 14 heavy (non-hydrogen) atoms. The lowest BCUT2D eigenvalue weighted by molar-refractivity contribution is 0.0697. The third kappa shape index (κ3) is 3.04. The van der Waals surface area contributed by atoms with Gasteiger partial charge in [-0.05, 0) is 24.3 Å². The lowest BCUT2D eigenvalue weighted by Crippen LogP contribution is -2.12. The predicted octanol–water partition coefficient (Wildman–Crippen LogP) is 0.687. The molecule has 0 amide bonds. The van der Waals surface area contributed by atoms with E-state index in [0.717, 1.165) is 5.69 Å². The second-order valence-electron chi connectivity index (χ2n) is 2.68. The first kappa shape index (κ1) is 10.5. The maximum absolute atomic E-state index is 10.5. The molecular weight excluding hydrogens is 184 g/mol. The summed E-state index contributed by atoms with van der Waals surface area (Å²) in [6, 6.07) is 6.46. The van der Waals surface area contributed by atoms with Gasteiger partial charge in [-0.1, -0.05) is 0 Å². The molecule has 1 aromatic rings. The fourth-order valence-electron chi connectivity index (χ4n) is 0.985. The first-order chi connectivity index (χ1) is 6.74. The molecular formula is C9H12N2O3. The average molecular weight is 196 g/mol. The minimum Gasteiger partial charge on any atom is -0.478 e. The Bertz CT molecular complexity index is 297. The van der Waals surface area contributed by atoms with E-state index in [1.165, 1.54) is 12.1 Å². The Morgan fingerprint density at radius 2 is 2.07 bits per heavy atom.